The molecule has 0 spiro atoms. The molecule has 2 heterocycles. The van der Waals surface area contributed by atoms with E-state index in [1.165, 1.54) is 15.7 Å². The summed E-state index contributed by atoms with van der Waals surface area (Å²) in [5, 5.41) is 9.53. The Hall–Kier alpha value is -3.17. The zero-order valence-corrected chi connectivity index (χ0v) is 15.3. The first-order valence-electron chi connectivity index (χ1n) is 8.09. The summed E-state index contributed by atoms with van der Waals surface area (Å²) in [4.78, 5) is 18.0. The minimum absolute atomic E-state index is 0.0446. The second kappa shape index (κ2) is 5.97. The van der Waals surface area contributed by atoms with Crippen molar-refractivity contribution in [2.75, 3.05) is 0 Å². The number of nitrogens with zero attached hydrogens (tertiary/aromatic N) is 3. The van der Waals surface area contributed by atoms with E-state index in [-0.39, 0.29) is 11.4 Å². The summed E-state index contributed by atoms with van der Waals surface area (Å²) in [6.45, 7) is 5.92. The van der Waals surface area contributed by atoms with Gasteiger partial charge < -0.3 is 4.74 Å². The Balaban J connectivity index is 2.01. The van der Waals surface area contributed by atoms with Gasteiger partial charge in [-0.05, 0) is 44.0 Å². The number of thiazole rings is 1. The molecule has 0 N–H and O–H groups in total. The van der Waals surface area contributed by atoms with E-state index in [0.717, 1.165) is 26.9 Å². The Morgan fingerprint density at radius 1 is 1.08 bits per heavy atom. The van der Waals surface area contributed by atoms with Gasteiger partial charge in [-0.15, -0.1) is 0 Å². The largest absolute Gasteiger partial charge is 0.437 e. The second-order valence-corrected chi connectivity index (χ2v) is 7.20. The van der Waals surface area contributed by atoms with Crippen molar-refractivity contribution >= 4 is 26.5 Å². The van der Waals surface area contributed by atoms with Crippen LogP contribution in [-0.4, -0.2) is 9.38 Å². The lowest BCUT2D eigenvalue weighted by Gasteiger charge is -2.07. The van der Waals surface area contributed by atoms with Crippen LogP contribution in [0.25, 0.3) is 15.2 Å². The van der Waals surface area contributed by atoms with E-state index in [0.29, 0.717) is 10.7 Å². The fourth-order valence-electron chi connectivity index (χ4n) is 2.90. The lowest BCUT2D eigenvalue weighted by atomic mass is 10.1. The first kappa shape index (κ1) is 16.3. The predicted octanol–water partition coefficient (Wildman–Crippen LogP) is 4.50. The molecule has 0 aliphatic heterocycles. The van der Waals surface area contributed by atoms with Crippen LogP contribution in [0.2, 0.25) is 0 Å². The molecule has 0 saturated heterocycles. The Bertz CT molecular complexity index is 1260. The number of aryl methyl sites for hydroxylation is 3. The third kappa shape index (κ3) is 2.45. The highest BCUT2D eigenvalue weighted by Gasteiger charge is 2.19. The van der Waals surface area contributed by atoms with E-state index in [9.17, 15) is 10.1 Å². The predicted molar refractivity (Wildman–Crippen MR) is 102 cm³/mol. The van der Waals surface area contributed by atoms with Crippen LogP contribution in [0.3, 0.4) is 0 Å². The zero-order chi connectivity index (χ0) is 18.4. The minimum atomic E-state index is -0.403. The number of benzene rings is 2. The maximum atomic E-state index is 13.0. The summed E-state index contributed by atoms with van der Waals surface area (Å²) in [5.74, 6) is 0.583. The molecule has 0 radical (unpaired) electrons. The van der Waals surface area contributed by atoms with E-state index >= 15 is 0 Å². The van der Waals surface area contributed by atoms with Crippen molar-refractivity contribution in [2.24, 2.45) is 0 Å². The van der Waals surface area contributed by atoms with Crippen LogP contribution < -0.4 is 10.3 Å². The number of nitriles is 1. The molecular weight excluding hydrogens is 346 g/mol. The maximum Gasteiger partial charge on any atom is 0.280 e. The van der Waals surface area contributed by atoms with E-state index in [4.69, 9.17) is 4.74 Å². The van der Waals surface area contributed by atoms with Crippen LogP contribution in [0.5, 0.6) is 11.6 Å². The summed E-state index contributed by atoms with van der Waals surface area (Å²) in [6, 6.07) is 13.3. The van der Waals surface area contributed by atoms with E-state index in [1.54, 1.807) is 12.1 Å². The summed E-state index contributed by atoms with van der Waals surface area (Å²) < 4.78 is 8.27. The van der Waals surface area contributed by atoms with E-state index in [2.05, 4.69) is 4.98 Å². The molecule has 0 atom stereocenters. The van der Waals surface area contributed by atoms with Gasteiger partial charge >= 0.3 is 0 Å². The molecule has 26 heavy (non-hydrogen) atoms. The van der Waals surface area contributed by atoms with Gasteiger partial charge in [0.25, 0.3) is 5.56 Å². The average Bonchev–Trinajstić information content (AvgIpc) is 3.01. The lowest BCUT2D eigenvalue weighted by molar-refractivity contribution is 0.461. The van der Waals surface area contributed by atoms with Crippen molar-refractivity contribution in [3.05, 3.63) is 69.0 Å². The second-order valence-electron chi connectivity index (χ2n) is 6.22. The van der Waals surface area contributed by atoms with Gasteiger partial charge in [0.1, 0.15) is 11.8 Å². The SMILES string of the molecule is Cc1ccc(Oc2nc3sc4c(C)ccc(C)c4n3c(=O)c2C#N)cc1. The van der Waals surface area contributed by atoms with Crippen LogP contribution in [0.1, 0.15) is 22.3 Å². The molecule has 128 valence electrons. The third-order valence-corrected chi connectivity index (χ3v) is 5.49. The molecule has 6 heteroatoms. The molecule has 2 aromatic carbocycles. The molecule has 2 aromatic heterocycles. The fourth-order valence-corrected chi connectivity index (χ4v) is 4.06. The van der Waals surface area contributed by atoms with Crippen molar-refractivity contribution in [2.45, 2.75) is 20.8 Å². The maximum absolute atomic E-state index is 13.0. The highest BCUT2D eigenvalue weighted by Crippen LogP contribution is 2.32. The van der Waals surface area contributed by atoms with E-state index < -0.39 is 5.56 Å². The van der Waals surface area contributed by atoms with Crippen molar-refractivity contribution < 1.29 is 4.74 Å². The molecule has 0 bridgehead atoms. The van der Waals surface area contributed by atoms with Crippen molar-refractivity contribution in [1.29, 1.82) is 5.26 Å². The molecule has 0 fully saturated rings. The molecule has 5 nitrogen and oxygen atoms in total. The molecule has 4 aromatic rings. The summed E-state index contributed by atoms with van der Waals surface area (Å²) in [6.07, 6.45) is 0. The van der Waals surface area contributed by atoms with Gasteiger partial charge in [-0.3, -0.25) is 4.79 Å². The molecular formula is C20H15N3O2S. The minimum Gasteiger partial charge on any atom is -0.437 e. The Labute approximate surface area is 153 Å². The van der Waals surface area contributed by atoms with Crippen LogP contribution in [0.15, 0.2) is 41.2 Å². The highest BCUT2D eigenvalue weighted by molar-refractivity contribution is 7.23. The monoisotopic (exact) mass is 361 g/mol. The Kier molecular flexibility index (Phi) is 3.74. The fraction of sp³-hybridized carbons (Fsp3) is 0.150. The van der Waals surface area contributed by atoms with Crippen molar-refractivity contribution in [3.8, 4) is 17.7 Å². The standard InChI is InChI=1S/C20H15N3O2S/c1-11-4-8-14(9-5-11)25-18-15(10-21)19(24)23-16-12(2)6-7-13(3)17(16)26-20(23)22-18/h4-9H,1-3H3. The van der Waals surface area contributed by atoms with Gasteiger partial charge in [0.2, 0.25) is 10.8 Å². The molecule has 0 amide bonds. The molecule has 0 aliphatic carbocycles. The van der Waals surface area contributed by atoms with Crippen molar-refractivity contribution in [3.63, 3.8) is 0 Å². The highest BCUT2D eigenvalue weighted by atomic mass is 32.1. The average molecular weight is 361 g/mol. The first-order chi connectivity index (χ1) is 12.5. The summed E-state index contributed by atoms with van der Waals surface area (Å²) in [7, 11) is 0. The van der Waals surface area contributed by atoms with Crippen molar-refractivity contribution in [1.82, 2.24) is 9.38 Å². The van der Waals surface area contributed by atoms with Crippen LogP contribution in [0.4, 0.5) is 0 Å². The number of hydrogen-bond donors (Lipinski definition) is 0. The number of ether oxygens (including phenoxy) is 1. The number of fused-ring (bicyclic) bond motifs is 3. The quantitative estimate of drug-likeness (QED) is 0.527. The van der Waals surface area contributed by atoms with Crippen LogP contribution >= 0.6 is 11.3 Å². The van der Waals surface area contributed by atoms with Gasteiger partial charge in [-0.1, -0.05) is 41.2 Å². The Morgan fingerprint density at radius 2 is 1.77 bits per heavy atom. The van der Waals surface area contributed by atoms with Gasteiger partial charge in [0.15, 0.2) is 5.56 Å². The zero-order valence-electron chi connectivity index (χ0n) is 14.5. The summed E-state index contributed by atoms with van der Waals surface area (Å²) >= 11 is 1.43. The number of aromatic nitrogens is 2. The Morgan fingerprint density at radius 3 is 2.46 bits per heavy atom. The van der Waals surface area contributed by atoms with Crippen LogP contribution in [-0.2, 0) is 0 Å². The smallest absolute Gasteiger partial charge is 0.280 e. The molecule has 0 unspecified atom stereocenters. The van der Waals surface area contributed by atoms with Gasteiger partial charge in [-0.25, -0.2) is 4.40 Å². The summed E-state index contributed by atoms with van der Waals surface area (Å²) in [5.41, 5.74) is 3.44. The third-order valence-electron chi connectivity index (χ3n) is 4.31. The van der Waals surface area contributed by atoms with Gasteiger partial charge in [0.05, 0.1) is 10.2 Å². The molecule has 0 aliphatic rings. The normalized spacial score (nSPS) is 11.0. The number of rotatable bonds is 2. The number of hydrogen-bond acceptors (Lipinski definition) is 5. The van der Waals surface area contributed by atoms with Gasteiger partial charge in [-0.2, -0.15) is 10.2 Å². The van der Waals surface area contributed by atoms with Crippen LogP contribution in [0, 0.1) is 32.1 Å². The lowest BCUT2D eigenvalue weighted by Crippen LogP contribution is -2.18. The topological polar surface area (TPSA) is 67.4 Å². The molecule has 0 saturated carbocycles. The molecule has 4 rings (SSSR count). The first-order valence-corrected chi connectivity index (χ1v) is 8.91. The van der Waals surface area contributed by atoms with E-state index in [1.807, 2.05) is 51.1 Å². The van der Waals surface area contributed by atoms with Gasteiger partial charge in [0, 0.05) is 0 Å².